The molecule has 0 bridgehead atoms. The smallest absolute Gasteiger partial charge is 0.270 e. The van der Waals surface area contributed by atoms with E-state index >= 15 is 0 Å². The maximum atomic E-state index is 12.3. The number of hydrogen-bond acceptors (Lipinski definition) is 5. The fraction of sp³-hybridized carbons (Fsp3) is 0.150. The molecule has 6 nitrogen and oxygen atoms in total. The molecule has 26 heavy (non-hydrogen) atoms. The number of rotatable bonds is 7. The molecule has 132 valence electrons. The first-order chi connectivity index (χ1) is 12.7. The van der Waals surface area contributed by atoms with E-state index in [1.807, 2.05) is 61.5 Å². The monoisotopic (exact) mass is 348 g/mol. The molecule has 1 heterocycles. The van der Waals surface area contributed by atoms with Crippen LogP contribution in [0.4, 0.5) is 11.6 Å². The van der Waals surface area contributed by atoms with Gasteiger partial charge in [0.25, 0.3) is 5.91 Å². The predicted octanol–water partition coefficient (Wildman–Crippen LogP) is 3.55. The van der Waals surface area contributed by atoms with Crippen LogP contribution in [-0.2, 0) is 6.54 Å². The van der Waals surface area contributed by atoms with E-state index in [1.54, 1.807) is 12.3 Å². The Bertz CT molecular complexity index is 851. The third-order valence-corrected chi connectivity index (χ3v) is 3.61. The van der Waals surface area contributed by atoms with Crippen molar-refractivity contribution in [3.05, 3.63) is 78.1 Å². The molecule has 2 aromatic carbocycles. The van der Waals surface area contributed by atoms with Crippen LogP contribution in [0.2, 0.25) is 0 Å². The van der Waals surface area contributed by atoms with Crippen molar-refractivity contribution in [2.45, 2.75) is 13.5 Å². The molecular formula is C20H20N4O2. The molecule has 1 aromatic heterocycles. The summed E-state index contributed by atoms with van der Waals surface area (Å²) >= 11 is 0. The Morgan fingerprint density at radius 2 is 1.81 bits per heavy atom. The highest BCUT2D eigenvalue weighted by atomic mass is 16.5. The first kappa shape index (κ1) is 17.4. The Morgan fingerprint density at radius 3 is 2.54 bits per heavy atom. The van der Waals surface area contributed by atoms with Crippen LogP contribution in [-0.4, -0.2) is 22.5 Å². The quantitative estimate of drug-likeness (QED) is 0.683. The SMILES string of the molecule is CCOc1ccc(Nc2nccc(C(=O)NCc3ccccc3)n2)cc1. The van der Waals surface area contributed by atoms with Gasteiger partial charge in [-0.3, -0.25) is 4.79 Å². The minimum absolute atomic E-state index is 0.244. The average Bonchev–Trinajstić information content (AvgIpc) is 2.69. The maximum absolute atomic E-state index is 12.3. The number of ether oxygens (including phenoxy) is 1. The van der Waals surface area contributed by atoms with Crippen LogP contribution in [0.5, 0.6) is 5.75 Å². The van der Waals surface area contributed by atoms with Gasteiger partial charge in [0, 0.05) is 18.4 Å². The van der Waals surface area contributed by atoms with E-state index in [0.29, 0.717) is 24.8 Å². The van der Waals surface area contributed by atoms with Crippen molar-refractivity contribution in [2.24, 2.45) is 0 Å². The molecule has 0 aliphatic rings. The number of carbonyl (C=O) groups excluding carboxylic acids is 1. The number of benzene rings is 2. The van der Waals surface area contributed by atoms with E-state index in [0.717, 1.165) is 17.0 Å². The van der Waals surface area contributed by atoms with Gasteiger partial charge in [0.2, 0.25) is 5.95 Å². The summed E-state index contributed by atoms with van der Waals surface area (Å²) in [6.45, 7) is 3.01. The van der Waals surface area contributed by atoms with E-state index in [1.165, 1.54) is 0 Å². The first-order valence-electron chi connectivity index (χ1n) is 8.39. The summed E-state index contributed by atoms with van der Waals surface area (Å²) in [7, 11) is 0. The predicted molar refractivity (Wildman–Crippen MR) is 101 cm³/mol. The molecule has 6 heteroatoms. The van der Waals surface area contributed by atoms with Gasteiger partial charge in [-0.1, -0.05) is 30.3 Å². The Morgan fingerprint density at radius 1 is 1.04 bits per heavy atom. The van der Waals surface area contributed by atoms with E-state index < -0.39 is 0 Å². The molecule has 0 aliphatic carbocycles. The van der Waals surface area contributed by atoms with Gasteiger partial charge in [-0.2, -0.15) is 0 Å². The second-order valence-corrected chi connectivity index (χ2v) is 5.52. The minimum atomic E-state index is -0.244. The molecule has 0 spiro atoms. The Hall–Kier alpha value is -3.41. The second kappa shape index (κ2) is 8.62. The van der Waals surface area contributed by atoms with Crippen LogP contribution >= 0.6 is 0 Å². The molecule has 0 fully saturated rings. The average molecular weight is 348 g/mol. The zero-order valence-corrected chi connectivity index (χ0v) is 14.5. The molecule has 3 rings (SSSR count). The van der Waals surface area contributed by atoms with Gasteiger partial charge < -0.3 is 15.4 Å². The third kappa shape index (κ3) is 4.80. The van der Waals surface area contributed by atoms with Crippen molar-refractivity contribution in [1.29, 1.82) is 0 Å². The fourth-order valence-corrected chi connectivity index (χ4v) is 2.34. The molecule has 0 unspecified atom stereocenters. The summed E-state index contributed by atoms with van der Waals surface area (Å²) in [6.07, 6.45) is 1.56. The topological polar surface area (TPSA) is 76.1 Å². The van der Waals surface area contributed by atoms with Crippen LogP contribution in [0.25, 0.3) is 0 Å². The molecule has 3 aromatic rings. The van der Waals surface area contributed by atoms with E-state index in [4.69, 9.17) is 4.74 Å². The molecule has 0 radical (unpaired) electrons. The van der Waals surface area contributed by atoms with Crippen molar-refractivity contribution in [1.82, 2.24) is 15.3 Å². The number of nitrogens with one attached hydrogen (secondary N) is 2. The fourth-order valence-electron chi connectivity index (χ4n) is 2.34. The molecule has 0 atom stereocenters. The van der Waals surface area contributed by atoms with Crippen molar-refractivity contribution in [3.8, 4) is 5.75 Å². The Labute approximate surface area is 152 Å². The summed E-state index contributed by atoms with van der Waals surface area (Å²) in [5.74, 6) is 0.917. The number of aromatic nitrogens is 2. The maximum Gasteiger partial charge on any atom is 0.270 e. The van der Waals surface area contributed by atoms with Crippen LogP contribution < -0.4 is 15.4 Å². The minimum Gasteiger partial charge on any atom is -0.494 e. The van der Waals surface area contributed by atoms with E-state index in [-0.39, 0.29) is 5.91 Å². The summed E-state index contributed by atoms with van der Waals surface area (Å²) < 4.78 is 5.41. The van der Waals surface area contributed by atoms with Gasteiger partial charge in [-0.15, -0.1) is 0 Å². The van der Waals surface area contributed by atoms with Crippen molar-refractivity contribution in [3.63, 3.8) is 0 Å². The zero-order valence-electron chi connectivity index (χ0n) is 14.5. The highest BCUT2D eigenvalue weighted by Crippen LogP contribution is 2.18. The van der Waals surface area contributed by atoms with Crippen molar-refractivity contribution >= 4 is 17.5 Å². The second-order valence-electron chi connectivity index (χ2n) is 5.52. The summed E-state index contributed by atoms with van der Waals surface area (Å²) in [4.78, 5) is 20.7. The van der Waals surface area contributed by atoms with Crippen molar-refractivity contribution < 1.29 is 9.53 Å². The van der Waals surface area contributed by atoms with Crippen molar-refractivity contribution in [2.75, 3.05) is 11.9 Å². The van der Waals surface area contributed by atoms with Crippen LogP contribution in [0.3, 0.4) is 0 Å². The van der Waals surface area contributed by atoms with Gasteiger partial charge in [0.15, 0.2) is 0 Å². The first-order valence-corrected chi connectivity index (χ1v) is 8.39. The van der Waals surface area contributed by atoms with Gasteiger partial charge in [-0.25, -0.2) is 9.97 Å². The summed E-state index contributed by atoms with van der Waals surface area (Å²) in [5, 5.41) is 5.94. The molecule has 1 amide bonds. The highest BCUT2D eigenvalue weighted by molar-refractivity contribution is 5.92. The molecular weight excluding hydrogens is 328 g/mol. The zero-order chi connectivity index (χ0) is 18.2. The van der Waals surface area contributed by atoms with Crippen LogP contribution in [0, 0.1) is 0 Å². The molecule has 2 N–H and O–H groups in total. The molecule has 0 saturated carbocycles. The third-order valence-electron chi connectivity index (χ3n) is 3.61. The summed E-state index contributed by atoms with van der Waals surface area (Å²) in [6, 6.07) is 18.8. The Kier molecular flexibility index (Phi) is 5.77. The van der Waals surface area contributed by atoms with Crippen LogP contribution in [0.1, 0.15) is 23.0 Å². The largest absolute Gasteiger partial charge is 0.494 e. The highest BCUT2D eigenvalue weighted by Gasteiger charge is 2.09. The lowest BCUT2D eigenvalue weighted by Gasteiger charge is -2.08. The number of nitrogens with zero attached hydrogens (tertiary/aromatic N) is 2. The lowest BCUT2D eigenvalue weighted by Crippen LogP contribution is -2.24. The molecule has 0 aliphatic heterocycles. The summed E-state index contributed by atoms with van der Waals surface area (Å²) in [5.41, 5.74) is 2.15. The number of anilines is 2. The van der Waals surface area contributed by atoms with Gasteiger partial charge >= 0.3 is 0 Å². The van der Waals surface area contributed by atoms with E-state index in [2.05, 4.69) is 20.6 Å². The van der Waals surface area contributed by atoms with Gasteiger partial charge in [-0.05, 0) is 42.8 Å². The lowest BCUT2D eigenvalue weighted by molar-refractivity contribution is 0.0946. The lowest BCUT2D eigenvalue weighted by atomic mass is 10.2. The number of hydrogen-bond donors (Lipinski definition) is 2. The van der Waals surface area contributed by atoms with Gasteiger partial charge in [0.1, 0.15) is 11.4 Å². The van der Waals surface area contributed by atoms with Crippen LogP contribution in [0.15, 0.2) is 66.9 Å². The Balaban J connectivity index is 1.62. The number of carbonyl (C=O) groups is 1. The van der Waals surface area contributed by atoms with E-state index in [9.17, 15) is 4.79 Å². The number of amides is 1. The van der Waals surface area contributed by atoms with Gasteiger partial charge in [0.05, 0.1) is 6.61 Å². The normalized spacial score (nSPS) is 10.2. The standard InChI is InChI=1S/C20H20N4O2/c1-2-26-17-10-8-16(9-11-17)23-20-21-13-12-18(24-20)19(25)22-14-15-6-4-3-5-7-15/h3-13H,2,14H2,1H3,(H,22,25)(H,21,23,24). The molecule has 0 saturated heterocycles.